The largest absolute Gasteiger partial charge is 0.484 e. The Morgan fingerprint density at radius 1 is 1.21 bits per heavy atom. The van der Waals surface area contributed by atoms with Crippen molar-refractivity contribution in [2.75, 3.05) is 33.4 Å². The SMILES string of the molecule is CCOCCNC(=NC)NCc1ccccc1OCC(F)(F)F.I. The lowest BCUT2D eigenvalue weighted by Crippen LogP contribution is -2.38. The van der Waals surface area contributed by atoms with Crippen molar-refractivity contribution < 1.29 is 22.6 Å². The van der Waals surface area contributed by atoms with E-state index in [0.717, 1.165) is 0 Å². The fourth-order valence-electron chi connectivity index (χ4n) is 1.74. The van der Waals surface area contributed by atoms with Crippen LogP contribution in [0.4, 0.5) is 13.2 Å². The number of halogens is 4. The number of rotatable bonds is 8. The first-order valence-electron chi connectivity index (χ1n) is 7.26. The number of guanidine groups is 1. The molecule has 5 nitrogen and oxygen atoms in total. The molecule has 0 heterocycles. The molecule has 0 atom stereocenters. The predicted octanol–water partition coefficient (Wildman–Crippen LogP) is 2.95. The molecule has 0 aliphatic carbocycles. The minimum absolute atomic E-state index is 0. The highest BCUT2D eigenvalue weighted by Crippen LogP contribution is 2.21. The Bertz CT molecular complexity index is 499. The quantitative estimate of drug-likeness (QED) is 0.271. The number of para-hydroxylation sites is 1. The summed E-state index contributed by atoms with van der Waals surface area (Å²) in [5.74, 6) is 0.734. The molecule has 0 radical (unpaired) electrons. The van der Waals surface area contributed by atoms with Crippen LogP contribution in [-0.4, -0.2) is 45.5 Å². The van der Waals surface area contributed by atoms with E-state index in [9.17, 15) is 13.2 Å². The molecular weight excluding hydrogens is 438 g/mol. The fourth-order valence-corrected chi connectivity index (χ4v) is 1.74. The number of ether oxygens (including phenoxy) is 2. The van der Waals surface area contributed by atoms with Crippen molar-refractivity contribution in [2.45, 2.75) is 19.6 Å². The van der Waals surface area contributed by atoms with Gasteiger partial charge in [0, 0.05) is 32.3 Å². The summed E-state index contributed by atoms with van der Waals surface area (Å²) in [6.07, 6.45) is -4.36. The average Bonchev–Trinajstić information content (AvgIpc) is 2.52. The third kappa shape index (κ3) is 9.81. The summed E-state index contributed by atoms with van der Waals surface area (Å²) in [4.78, 5) is 4.03. The van der Waals surface area contributed by atoms with E-state index in [-0.39, 0.29) is 29.7 Å². The van der Waals surface area contributed by atoms with Gasteiger partial charge in [0.25, 0.3) is 0 Å². The Morgan fingerprint density at radius 3 is 2.54 bits per heavy atom. The first kappa shape index (κ1) is 22.8. The molecule has 0 aromatic heterocycles. The predicted molar refractivity (Wildman–Crippen MR) is 98.1 cm³/mol. The van der Waals surface area contributed by atoms with Gasteiger partial charge in [0.2, 0.25) is 0 Å². The number of hydrogen-bond donors (Lipinski definition) is 2. The van der Waals surface area contributed by atoms with Crippen LogP contribution >= 0.6 is 24.0 Å². The molecule has 0 unspecified atom stereocenters. The van der Waals surface area contributed by atoms with E-state index in [1.807, 2.05) is 6.92 Å². The minimum Gasteiger partial charge on any atom is -0.484 e. The normalized spacial score (nSPS) is 11.6. The highest BCUT2D eigenvalue weighted by atomic mass is 127. The molecule has 138 valence electrons. The number of aliphatic imine (C=N–C) groups is 1. The smallest absolute Gasteiger partial charge is 0.422 e. The van der Waals surface area contributed by atoms with Gasteiger partial charge >= 0.3 is 6.18 Å². The molecule has 0 bridgehead atoms. The van der Waals surface area contributed by atoms with Crippen molar-refractivity contribution in [3.63, 3.8) is 0 Å². The standard InChI is InChI=1S/C15H22F3N3O2.HI/c1-3-22-9-8-20-14(19-2)21-10-12-6-4-5-7-13(12)23-11-15(16,17)18;/h4-7H,3,8-11H2,1-2H3,(H2,19,20,21);1H. The summed E-state index contributed by atoms with van der Waals surface area (Å²) >= 11 is 0. The number of hydrogen-bond acceptors (Lipinski definition) is 3. The van der Waals surface area contributed by atoms with Crippen LogP contribution in [0.25, 0.3) is 0 Å². The molecule has 2 N–H and O–H groups in total. The second-order valence-electron chi connectivity index (χ2n) is 4.56. The molecular formula is C15H23F3IN3O2. The zero-order chi connectivity index (χ0) is 17.1. The zero-order valence-corrected chi connectivity index (χ0v) is 16.0. The first-order valence-corrected chi connectivity index (χ1v) is 7.26. The molecule has 0 saturated carbocycles. The Balaban J connectivity index is 0.00000529. The van der Waals surface area contributed by atoms with Crippen LogP contribution in [0.3, 0.4) is 0 Å². The lowest BCUT2D eigenvalue weighted by molar-refractivity contribution is -0.153. The monoisotopic (exact) mass is 461 g/mol. The van der Waals surface area contributed by atoms with E-state index in [4.69, 9.17) is 9.47 Å². The molecule has 24 heavy (non-hydrogen) atoms. The van der Waals surface area contributed by atoms with E-state index < -0.39 is 12.8 Å². The summed E-state index contributed by atoms with van der Waals surface area (Å²) in [5.41, 5.74) is 0.615. The van der Waals surface area contributed by atoms with Gasteiger partial charge in [-0.25, -0.2) is 0 Å². The summed E-state index contributed by atoms with van der Waals surface area (Å²) in [6.45, 7) is 2.65. The highest BCUT2D eigenvalue weighted by Gasteiger charge is 2.28. The third-order valence-corrected chi connectivity index (χ3v) is 2.78. The highest BCUT2D eigenvalue weighted by molar-refractivity contribution is 14.0. The average molecular weight is 461 g/mol. The van der Waals surface area contributed by atoms with Gasteiger partial charge < -0.3 is 20.1 Å². The van der Waals surface area contributed by atoms with E-state index in [2.05, 4.69) is 15.6 Å². The van der Waals surface area contributed by atoms with Crippen molar-refractivity contribution in [1.29, 1.82) is 0 Å². The Hall–Kier alpha value is -1.23. The molecule has 0 aliphatic heterocycles. The molecule has 1 aromatic carbocycles. The van der Waals surface area contributed by atoms with Gasteiger partial charge in [0.1, 0.15) is 5.75 Å². The van der Waals surface area contributed by atoms with E-state index in [1.54, 1.807) is 25.2 Å². The maximum atomic E-state index is 12.3. The van der Waals surface area contributed by atoms with Crippen molar-refractivity contribution in [3.05, 3.63) is 29.8 Å². The Labute approximate surface area is 157 Å². The van der Waals surface area contributed by atoms with E-state index >= 15 is 0 Å². The van der Waals surface area contributed by atoms with Crippen molar-refractivity contribution in [3.8, 4) is 5.75 Å². The molecule has 0 aliphatic rings. The van der Waals surface area contributed by atoms with Crippen molar-refractivity contribution in [1.82, 2.24) is 10.6 Å². The third-order valence-electron chi connectivity index (χ3n) is 2.78. The van der Waals surface area contributed by atoms with Crippen LogP contribution < -0.4 is 15.4 Å². The fraction of sp³-hybridized carbons (Fsp3) is 0.533. The van der Waals surface area contributed by atoms with Gasteiger partial charge in [0.15, 0.2) is 12.6 Å². The molecule has 0 spiro atoms. The van der Waals surface area contributed by atoms with Gasteiger partial charge in [0.05, 0.1) is 6.61 Å². The van der Waals surface area contributed by atoms with Crippen LogP contribution in [0, 0.1) is 0 Å². The molecule has 1 rings (SSSR count). The Kier molecular flexibility index (Phi) is 11.6. The van der Waals surface area contributed by atoms with Crippen LogP contribution in [0.1, 0.15) is 12.5 Å². The molecule has 0 saturated heterocycles. The number of benzene rings is 1. The molecule has 0 amide bonds. The molecule has 1 aromatic rings. The minimum atomic E-state index is -4.36. The zero-order valence-electron chi connectivity index (χ0n) is 13.7. The van der Waals surface area contributed by atoms with E-state index in [1.165, 1.54) is 6.07 Å². The number of nitrogens with zero attached hydrogens (tertiary/aromatic N) is 1. The summed E-state index contributed by atoms with van der Waals surface area (Å²) in [6, 6.07) is 6.58. The van der Waals surface area contributed by atoms with Crippen LogP contribution in [0.15, 0.2) is 29.3 Å². The van der Waals surface area contributed by atoms with Gasteiger partial charge in [-0.15, -0.1) is 24.0 Å². The van der Waals surface area contributed by atoms with Gasteiger partial charge in [-0.3, -0.25) is 4.99 Å². The van der Waals surface area contributed by atoms with Crippen LogP contribution in [0.5, 0.6) is 5.75 Å². The first-order chi connectivity index (χ1) is 11.0. The Morgan fingerprint density at radius 2 is 1.92 bits per heavy atom. The number of alkyl halides is 3. The summed E-state index contributed by atoms with van der Waals surface area (Å²) in [7, 11) is 1.61. The van der Waals surface area contributed by atoms with Crippen LogP contribution in [-0.2, 0) is 11.3 Å². The lowest BCUT2D eigenvalue weighted by Gasteiger charge is -2.15. The topological polar surface area (TPSA) is 54.9 Å². The van der Waals surface area contributed by atoms with Crippen molar-refractivity contribution >= 4 is 29.9 Å². The summed E-state index contributed by atoms with van der Waals surface area (Å²) < 4.78 is 46.8. The maximum absolute atomic E-state index is 12.3. The second kappa shape index (κ2) is 12.2. The lowest BCUT2D eigenvalue weighted by atomic mass is 10.2. The molecule has 9 heteroatoms. The summed E-state index contributed by atoms with van der Waals surface area (Å²) in [5, 5.41) is 6.07. The van der Waals surface area contributed by atoms with Crippen LogP contribution in [0.2, 0.25) is 0 Å². The maximum Gasteiger partial charge on any atom is 0.422 e. The van der Waals surface area contributed by atoms with E-state index in [0.29, 0.717) is 37.8 Å². The van der Waals surface area contributed by atoms with Gasteiger partial charge in [-0.2, -0.15) is 13.2 Å². The van der Waals surface area contributed by atoms with Crippen molar-refractivity contribution in [2.24, 2.45) is 4.99 Å². The van der Waals surface area contributed by atoms with Gasteiger partial charge in [-0.1, -0.05) is 18.2 Å². The number of nitrogens with one attached hydrogen (secondary N) is 2. The van der Waals surface area contributed by atoms with Gasteiger partial charge in [-0.05, 0) is 13.0 Å². The second-order valence-corrected chi connectivity index (χ2v) is 4.56. The molecule has 0 fully saturated rings.